The van der Waals surface area contributed by atoms with Crippen molar-refractivity contribution in [3.05, 3.63) is 53.0 Å². The standard InChI is InChI=1S/C19H20BrN3O3/c1-2-26-17-9-7-16(8-10-17)23-12-15(11-18(23)24)22-19(25)21-14-5-3-13(20)4-6-14/h3-10,15H,2,11-12H2,1H3,(H2,21,22,25)/t15-/m0/s1. The van der Waals surface area contributed by atoms with E-state index in [1.807, 2.05) is 43.3 Å². The maximum atomic E-state index is 12.3. The van der Waals surface area contributed by atoms with Gasteiger partial charge < -0.3 is 20.3 Å². The summed E-state index contributed by atoms with van der Waals surface area (Å²) >= 11 is 3.35. The fraction of sp³-hybridized carbons (Fsp3) is 0.263. The second-order valence-electron chi connectivity index (χ2n) is 5.94. The number of ether oxygens (including phenoxy) is 1. The lowest BCUT2D eigenvalue weighted by Crippen LogP contribution is -2.39. The molecule has 0 radical (unpaired) electrons. The molecule has 3 rings (SSSR count). The van der Waals surface area contributed by atoms with Crippen molar-refractivity contribution >= 4 is 39.2 Å². The highest BCUT2D eigenvalue weighted by Gasteiger charge is 2.31. The molecule has 0 spiro atoms. The summed E-state index contributed by atoms with van der Waals surface area (Å²) in [6.45, 7) is 2.97. The average Bonchev–Trinajstić information content (AvgIpc) is 2.98. The van der Waals surface area contributed by atoms with E-state index in [2.05, 4.69) is 26.6 Å². The Morgan fingerprint density at radius 3 is 2.54 bits per heavy atom. The molecule has 1 atom stereocenters. The molecule has 1 heterocycles. The summed E-state index contributed by atoms with van der Waals surface area (Å²) in [4.78, 5) is 26.1. The van der Waals surface area contributed by atoms with Gasteiger partial charge in [0.05, 0.1) is 12.6 Å². The van der Waals surface area contributed by atoms with Crippen molar-refractivity contribution < 1.29 is 14.3 Å². The third-order valence-electron chi connectivity index (χ3n) is 4.02. The number of hydrogen-bond donors (Lipinski definition) is 2. The van der Waals surface area contributed by atoms with Gasteiger partial charge in [-0.05, 0) is 55.5 Å². The summed E-state index contributed by atoms with van der Waals surface area (Å²) in [5.41, 5.74) is 1.49. The molecule has 0 aromatic heterocycles. The van der Waals surface area contributed by atoms with Gasteiger partial charge in [-0.1, -0.05) is 15.9 Å². The Kier molecular flexibility index (Phi) is 5.78. The van der Waals surface area contributed by atoms with Crippen LogP contribution in [-0.4, -0.2) is 31.1 Å². The number of rotatable bonds is 5. The summed E-state index contributed by atoms with van der Waals surface area (Å²) in [6.07, 6.45) is 0.279. The van der Waals surface area contributed by atoms with Gasteiger partial charge in [-0.25, -0.2) is 4.79 Å². The highest BCUT2D eigenvalue weighted by molar-refractivity contribution is 9.10. The Hall–Kier alpha value is -2.54. The van der Waals surface area contributed by atoms with Crippen LogP contribution in [0.15, 0.2) is 53.0 Å². The molecular formula is C19H20BrN3O3. The van der Waals surface area contributed by atoms with E-state index in [4.69, 9.17) is 4.74 Å². The van der Waals surface area contributed by atoms with Crippen molar-refractivity contribution in [1.82, 2.24) is 5.32 Å². The lowest BCUT2D eigenvalue weighted by Gasteiger charge is -2.18. The van der Waals surface area contributed by atoms with Crippen molar-refractivity contribution in [3.8, 4) is 5.75 Å². The molecule has 26 heavy (non-hydrogen) atoms. The van der Waals surface area contributed by atoms with Gasteiger partial charge in [0.25, 0.3) is 0 Å². The molecule has 0 bridgehead atoms. The first kappa shape index (κ1) is 18.3. The van der Waals surface area contributed by atoms with Crippen LogP contribution in [0.5, 0.6) is 5.75 Å². The molecule has 2 aromatic carbocycles. The minimum Gasteiger partial charge on any atom is -0.494 e. The van der Waals surface area contributed by atoms with Crippen LogP contribution in [0.3, 0.4) is 0 Å². The zero-order chi connectivity index (χ0) is 18.5. The minimum absolute atomic E-state index is 0.0110. The molecule has 1 saturated heterocycles. The van der Waals surface area contributed by atoms with Crippen LogP contribution in [0.1, 0.15) is 13.3 Å². The Morgan fingerprint density at radius 2 is 1.88 bits per heavy atom. The molecular weight excluding hydrogens is 398 g/mol. The van der Waals surface area contributed by atoms with Crippen molar-refractivity contribution in [2.75, 3.05) is 23.4 Å². The van der Waals surface area contributed by atoms with E-state index in [1.54, 1.807) is 17.0 Å². The minimum atomic E-state index is -0.321. The normalized spacial score (nSPS) is 16.5. The van der Waals surface area contributed by atoms with Crippen LogP contribution in [0.25, 0.3) is 0 Å². The summed E-state index contributed by atoms with van der Waals surface area (Å²) in [6, 6.07) is 14.1. The van der Waals surface area contributed by atoms with Gasteiger partial charge in [0.2, 0.25) is 5.91 Å². The molecule has 1 aliphatic heterocycles. The van der Waals surface area contributed by atoms with Gasteiger partial charge in [0, 0.05) is 28.8 Å². The predicted octanol–water partition coefficient (Wildman–Crippen LogP) is 3.77. The van der Waals surface area contributed by atoms with E-state index in [0.29, 0.717) is 18.8 Å². The van der Waals surface area contributed by atoms with Gasteiger partial charge in [-0.2, -0.15) is 0 Å². The number of nitrogens with one attached hydrogen (secondary N) is 2. The van der Waals surface area contributed by atoms with Crippen LogP contribution in [0.2, 0.25) is 0 Å². The van der Waals surface area contributed by atoms with Crippen molar-refractivity contribution in [2.24, 2.45) is 0 Å². The maximum absolute atomic E-state index is 12.3. The van der Waals surface area contributed by atoms with E-state index in [-0.39, 0.29) is 24.4 Å². The fourth-order valence-electron chi connectivity index (χ4n) is 2.83. The van der Waals surface area contributed by atoms with Crippen LogP contribution >= 0.6 is 15.9 Å². The SMILES string of the molecule is CCOc1ccc(N2C[C@@H](NC(=O)Nc3ccc(Br)cc3)CC2=O)cc1. The lowest BCUT2D eigenvalue weighted by atomic mass is 10.2. The number of benzene rings is 2. The highest BCUT2D eigenvalue weighted by Crippen LogP contribution is 2.24. The van der Waals surface area contributed by atoms with E-state index in [9.17, 15) is 9.59 Å². The van der Waals surface area contributed by atoms with Gasteiger partial charge in [-0.15, -0.1) is 0 Å². The third kappa shape index (κ3) is 4.54. The van der Waals surface area contributed by atoms with Crippen LogP contribution in [-0.2, 0) is 4.79 Å². The number of amides is 3. The molecule has 0 aliphatic carbocycles. The number of carbonyl (C=O) groups is 2. The molecule has 3 amide bonds. The van der Waals surface area contributed by atoms with Gasteiger partial charge in [0.1, 0.15) is 5.75 Å². The smallest absolute Gasteiger partial charge is 0.319 e. The first-order chi connectivity index (χ1) is 12.5. The summed E-state index contributed by atoms with van der Waals surface area (Å²) < 4.78 is 6.36. The topological polar surface area (TPSA) is 70.7 Å². The molecule has 0 saturated carbocycles. The zero-order valence-electron chi connectivity index (χ0n) is 14.4. The molecule has 1 aliphatic rings. The van der Waals surface area contributed by atoms with E-state index in [1.165, 1.54) is 0 Å². The number of halogens is 1. The molecule has 6 nitrogen and oxygen atoms in total. The largest absolute Gasteiger partial charge is 0.494 e. The number of carbonyl (C=O) groups excluding carboxylic acids is 2. The Bertz CT molecular complexity index is 778. The Labute approximate surface area is 160 Å². The summed E-state index contributed by atoms with van der Waals surface area (Å²) in [5.74, 6) is 0.759. The zero-order valence-corrected chi connectivity index (χ0v) is 16.0. The quantitative estimate of drug-likeness (QED) is 0.777. The number of nitrogens with zero attached hydrogens (tertiary/aromatic N) is 1. The van der Waals surface area contributed by atoms with Gasteiger partial charge >= 0.3 is 6.03 Å². The van der Waals surface area contributed by atoms with Crippen molar-refractivity contribution in [3.63, 3.8) is 0 Å². The van der Waals surface area contributed by atoms with E-state index in [0.717, 1.165) is 15.9 Å². The molecule has 2 aromatic rings. The van der Waals surface area contributed by atoms with E-state index >= 15 is 0 Å². The van der Waals surface area contributed by atoms with E-state index < -0.39 is 0 Å². The summed E-state index contributed by atoms with van der Waals surface area (Å²) in [7, 11) is 0. The first-order valence-electron chi connectivity index (χ1n) is 8.41. The second kappa shape index (κ2) is 8.23. The summed E-state index contributed by atoms with van der Waals surface area (Å²) in [5, 5.41) is 5.62. The molecule has 136 valence electrons. The number of hydrogen-bond acceptors (Lipinski definition) is 3. The monoisotopic (exact) mass is 417 g/mol. The third-order valence-corrected chi connectivity index (χ3v) is 4.55. The van der Waals surface area contributed by atoms with Gasteiger partial charge in [0.15, 0.2) is 0 Å². The molecule has 2 N–H and O–H groups in total. The number of anilines is 2. The Morgan fingerprint density at radius 1 is 1.19 bits per heavy atom. The van der Waals surface area contributed by atoms with Crippen LogP contribution in [0, 0.1) is 0 Å². The molecule has 1 fully saturated rings. The predicted molar refractivity (Wildman–Crippen MR) is 105 cm³/mol. The maximum Gasteiger partial charge on any atom is 0.319 e. The van der Waals surface area contributed by atoms with Gasteiger partial charge in [-0.3, -0.25) is 4.79 Å². The number of urea groups is 1. The molecule has 0 unspecified atom stereocenters. The molecule has 7 heteroatoms. The first-order valence-corrected chi connectivity index (χ1v) is 9.21. The lowest BCUT2D eigenvalue weighted by molar-refractivity contribution is -0.117. The highest BCUT2D eigenvalue weighted by atomic mass is 79.9. The van der Waals surface area contributed by atoms with Crippen molar-refractivity contribution in [1.29, 1.82) is 0 Å². The van der Waals surface area contributed by atoms with Crippen molar-refractivity contribution in [2.45, 2.75) is 19.4 Å². The average molecular weight is 418 g/mol. The fourth-order valence-corrected chi connectivity index (χ4v) is 3.09. The Balaban J connectivity index is 1.56. The van der Waals surface area contributed by atoms with Crippen LogP contribution in [0.4, 0.5) is 16.2 Å². The second-order valence-corrected chi connectivity index (χ2v) is 6.85. The van der Waals surface area contributed by atoms with Crippen LogP contribution < -0.4 is 20.3 Å².